The molecule has 0 saturated heterocycles. The molecule has 178 valence electrons. The third kappa shape index (κ3) is 4.61. The van der Waals surface area contributed by atoms with Gasteiger partial charge >= 0.3 is 7.12 Å². The Balaban J connectivity index is 1.47. The number of nitrogens with one attached hydrogen (secondary N) is 2. The summed E-state index contributed by atoms with van der Waals surface area (Å²) in [5.41, 5.74) is 3.34. The van der Waals surface area contributed by atoms with Gasteiger partial charge in [-0.1, -0.05) is 36.4 Å². The molecule has 4 heterocycles. The van der Waals surface area contributed by atoms with E-state index in [1.54, 1.807) is 13.3 Å². The van der Waals surface area contributed by atoms with Crippen LogP contribution in [0, 0.1) is 0 Å². The highest BCUT2D eigenvalue weighted by Crippen LogP contribution is 2.33. The number of anilines is 3. The van der Waals surface area contributed by atoms with E-state index in [9.17, 15) is 5.11 Å². The first kappa shape index (κ1) is 23.0. The van der Waals surface area contributed by atoms with E-state index in [2.05, 4.69) is 25.8 Å². The van der Waals surface area contributed by atoms with Gasteiger partial charge in [0, 0.05) is 24.8 Å². The Hall–Kier alpha value is -3.80. The van der Waals surface area contributed by atoms with Crippen LogP contribution >= 0.6 is 0 Å². The van der Waals surface area contributed by atoms with Gasteiger partial charge in [-0.3, -0.25) is 0 Å². The molecule has 0 spiro atoms. The fraction of sp³-hybridized carbons (Fsp3) is 0.250. The van der Waals surface area contributed by atoms with Crippen LogP contribution in [0.4, 0.5) is 17.3 Å². The second kappa shape index (κ2) is 9.45. The second-order valence-electron chi connectivity index (χ2n) is 8.60. The molecular formula is C24H25BN6O4. The fourth-order valence-electron chi connectivity index (χ4n) is 4.12. The molecule has 1 aliphatic rings. The minimum absolute atomic E-state index is 0.111. The zero-order chi connectivity index (χ0) is 24.4. The van der Waals surface area contributed by atoms with Crippen LogP contribution in [0.2, 0.25) is 0 Å². The summed E-state index contributed by atoms with van der Waals surface area (Å²) in [6.07, 6.45) is 2.90. The summed E-state index contributed by atoms with van der Waals surface area (Å²) in [6.45, 7) is 3.81. The molecular weight excluding hydrogens is 447 g/mol. The molecule has 1 aromatic carbocycles. The first-order valence-electron chi connectivity index (χ1n) is 11.2. The lowest BCUT2D eigenvalue weighted by Crippen LogP contribution is -2.31. The van der Waals surface area contributed by atoms with E-state index in [0.29, 0.717) is 28.8 Å². The number of nitrogens with zero attached hydrogens (tertiary/aromatic N) is 4. The molecule has 0 bridgehead atoms. The zero-order valence-corrected chi connectivity index (χ0v) is 19.6. The molecule has 3 N–H and O–H groups in total. The smallest absolute Gasteiger partial charge is 0.423 e. The van der Waals surface area contributed by atoms with E-state index in [1.807, 2.05) is 62.4 Å². The summed E-state index contributed by atoms with van der Waals surface area (Å²) in [7, 11) is 1.16. The molecule has 0 saturated carbocycles. The van der Waals surface area contributed by atoms with Crippen molar-refractivity contribution >= 4 is 29.9 Å². The minimum atomic E-state index is -0.584. The van der Waals surface area contributed by atoms with Crippen molar-refractivity contribution in [2.24, 2.45) is 0 Å². The lowest BCUT2D eigenvalue weighted by molar-refractivity contribution is 0.0895. The average Bonchev–Trinajstić information content (AvgIpc) is 3.49. The normalized spacial score (nSPS) is 15.0. The maximum Gasteiger partial charge on any atom is 0.496 e. The molecule has 0 amide bonds. The maximum atomic E-state index is 10.1. The Morgan fingerprint density at radius 2 is 1.97 bits per heavy atom. The van der Waals surface area contributed by atoms with Gasteiger partial charge in [-0.25, -0.2) is 9.97 Å². The monoisotopic (exact) mass is 472 g/mol. The van der Waals surface area contributed by atoms with Crippen LogP contribution < -0.4 is 16.1 Å². The number of rotatable bonds is 8. The standard InChI is InChI=1S/C24H25BN6O4/c1-24(2)22-17(25(33-3)35-24)9-10-20(30-22)29-21-11-18(16(12-26-21)23-31-27-14-34-23)28-19(13-32)15-7-5-4-6-8-15/h4-12,14,19,32H,13H2,1-3H3,(H2,26,28,29,30)/t19-/m1/s1. The fourth-order valence-corrected chi connectivity index (χ4v) is 4.12. The molecule has 0 radical (unpaired) electrons. The first-order valence-corrected chi connectivity index (χ1v) is 11.2. The highest BCUT2D eigenvalue weighted by Gasteiger charge is 2.43. The van der Waals surface area contributed by atoms with Gasteiger partial charge in [0.1, 0.15) is 11.6 Å². The third-order valence-corrected chi connectivity index (χ3v) is 5.83. The summed E-state index contributed by atoms with van der Waals surface area (Å²) >= 11 is 0. The quantitative estimate of drug-likeness (QED) is 0.329. The number of aliphatic hydroxyl groups excluding tert-OH is 1. The zero-order valence-electron chi connectivity index (χ0n) is 19.6. The predicted octanol–water partition coefficient (Wildman–Crippen LogP) is 3.02. The van der Waals surface area contributed by atoms with Crippen LogP contribution in [-0.2, 0) is 14.9 Å². The largest absolute Gasteiger partial charge is 0.496 e. The molecule has 35 heavy (non-hydrogen) atoms. The number of hydrogen-bond acceptors (Lipinski definition) is 10. The maximum absolute atomic E-state index is 10.1. The van der Waals surface area contributed by atoms with Gasteiger partial charge in [-0.15, -0.1) is 10.2 Å². The molecule has 4 aromatic rings. The van der Waals surface area contributed by atoms with Crippen molar-refractivity contribution in [3.63, 3.8) is 0 Å². The van der Waals surface area contributed by atoms with Crippen molar-refractivity contribution in [3.05, 3.63) is 72.4 Å². The molecule has 1 atom stereocenters. The van der Waals surface area contributed by atoms with E-state index in [4.69, 9.17) is 18.7 Å². The summed E-state index contributed by atoms with van der Waals surface area (Å²) < 4.78 is 16.8. The van der Waals surface area contributed by atoms with Crippen LogP contribution in [0.25, 0.3) is 11.5 Å². The SMILES string of the molecule is COB1OC(C)(C)c2nc(Nc3cc(N[C@H](CO)c4ccccc4)c(-c4nnco4)cn3)ccc21. The van der Waals surface area contributed by atoms with Crippen molar-refractivity contribution in [1.29, 1.82) is 0 Å². The average molecular weight is 472 g/mol. The van der Waals surface area contributed by atoms with E-state index in [1.165, 1.54) is 6.39 Å². The van der Waals surface area contributed by atoms with Crippen molar-refractivity contribution < 1.29 is 18.8 Å². The van der Waals surface area contributed by atoms with Gasteiger partial charge < -0.3 is 29.5 Å². The first-order chi connectivity index (χ1) is 17.0. The topological polar surface area (TPSA) is 127 Å². The van der Waals surface area contributed by atoms with E-state index < -0.39 is 12.7 Å². The van der Waals surface area contributed by atoms with Gasteiger partial charge in [0.25, 0.3) is 5.89 Å². The van der Waals surface area contributed by atoms with Crippen molar-refractivity contribution in [2.75, 3.05) is 24.4 Å². The van der Waals surface area contributed by atoms with Crippen molar-refractivity contribution in [1.82, 2.24) is 20.2 Å². The number of benzene rings is 1. The summed E-state index contributed by atoms with van der Waals surface area (Å²) in [6, 6.07) is 15.0. The van der Waals surface area contributed by atoms with Crippen LogP contribution in [0.1, 0.15) is 31.1 Å². The Kier molecular flexibility index (Phi) is 6.20. The Bertz CT molecular complexity index is 1300. The third-order valence-electron chi connectivity index (χ3n) is 5.83. The van der Waals surface area contributed by atoms with Gasteiger partial charge in [-0.05, 0) is 25.5 Å². The Labute approximate surface area is 202 Å². The highest BCUT2D eigenvalue weighted by molar-refractivity contribution is 6.63. The van der Waals surface area contributed by atoms with Crippen LogP contribution in [0.15, 0.2) is 65.5 Å². The molecule has 0 fully saturated rings. The van der Waals surface area contributed by atoms with Crippen LogP contribution in [0.3, 0.4) is 0 Å². The number of fused-ring (bicyclic) bond motifs is 1. The van der Waals surface area contributed by atoms with Crippen molar-refractivity contribution in [3.8, 4) is 11.5 Å². The second-order valence-corrected chi connectivity index (χ2v) is 8.60. The van der Waals surface area contributed by atoms with E-state index >= 15 is 0 Å². The van der Waals surface area contributed by atoms with Gasteiger partial charge in [0.15, 0.2) is 0 Å². The molecule has 1 aliphatic heterocycles. The molecule has 10 nitrogen and oxygen atoms in total. The predicted molar refractivity (Wildman–Crippen MR) is 131 cm³/mol. The van der Waals surface area contributed by atoms with Gasteiger partial charge in [-0.2, -0.15) is 0 Å². The van der Waals surface area contributed by atoms with Crippen LogP contribution in [-0.4, -0.2) is 46.1 Å². The number of aromatic nitrogens is 4. The number of pyridine rings is 2. The lowest BCUT2D eigenvalue weighted by Gasteiger charge is -2.21. The van der Waals surface area contributed by atoms with E-state index in [-0.39, 0.29) is 12.6 Å². The number of aliphatic hydroxyl groups is 1. The molecule has 11 heteroatoms. The van der Waals surface area contributed by atoms with Gasteiger partial charge in [0.05, 0.1) is 35.2 Å². The van der Waals surface area contributed by atoms with Crippen molar-refractivity contribution in [2.45, 2.75) is 25.5 Å². The molecule has 0 unspecified atom stereocenters. The summed E-state index contributed by atoms with van der Waals surface area (Å²) in [4.78, 5) is 9.29. The molecule has 0 aliphatic carbocycles. The molecule has 3 aromatic heterocycles. The van der Waals surface area contributed by atoms with Gasteiger partial charge in [0.2, 0.25) is 6.39 Å². The summed E-state index contributed by atoms with van der Waals surface area (Å²) in [5.74, 6) is 1.48. The van der Waals surface area contributed by atoms with E-state index in [0.717, 1.165) is 16.7 Å². The Morgan fingerprint density at radius 1 is 1.14 bits per heavy atom. The summed E-state index contributed by atoms with van der Waals surface area (Å²) in [5, 5.41) is 24.5. The Morgan fingerprint density at radius 3 is 2.69 bits per heavy atom. The molecule has 5 rings (SSSR count). The number of hydrogen-bond donors (Lipinski definition) is 3. The highest BCUT2D eigenvalue weighted by atomic mass is 16.6. The lowest BCUT2D eigenvalue weighted by atomic mass is 9.80. The minimum Gasteiger partial charge on any atom is -0.423 e. The van der Waals surface area contributed by atoms with Crippen LogP contribution in [0.5, 0.6) is 0 Å².